The first-order chi connectivity index (χ1) is 15.7. The lowest BCUT2D eigenvalue weighted by molar-refractivity contribution is -0.139. The number of hydrogen-bond acceptors (Lipinski definition) is 5. The van der Waals surface area contributed by atoms with Gasteiger partial charge in [-0.25, -0.2) is 8.42 Å². The van der Waals surface area contributed by atoms with Gasteiger partial charge in [-0.05, 0) is 37.6 Å². The van der Waals surface area contributed by atoms with E-state index >= 15 is 0 Å². The van der Waals surface area contributed by atoms with Crippen LogP contribution in [0.5, 0.6) is 0 Å². The predicted molar refractivity (Wildman–Crippen MR) is 124 cm³/mol. The van der Waals surface area contributed by atoms with E-state index in [1.165, 1.54) is 17.0 Å². The minimum absolute atomic E-state index is 0.0193. The normalized spacial score (nSPS) is 15.1. The second-order valence-electron chi connectivity index (χ2n) is 8.03. The van der Waals surface area contributed by atoms with Crippen LogP contribution in [-0.4, -0.2) is 67.5 Å². The van der Waals surface area contributed by atoms with Crippen LogP contribution >= 0.6 is 0 Å². The molecule has 1 N–H and O–H groups in total. The van der Waals surface area contributed by atoms with E-state index in [-0.39, 0.29) is 29.5 Å². The first-order valence-electron chi connectivity index (χ1n) is 11.0. The van der Waals surface area contributed by atoms with E-state index in [0.717, 1.165) is 12.0 Å². The predicted octanol–water partition coefficient (Wildman–Crippen LogP) is 2.00. The summed E-state index contributed by atoms with van der Waals surface area (Å²) in [6.45, 7) is 4.82. The third kappa shape index (κ3) is 5.78. The van der Waals surface area contributed by atoms with Crippen LogP contribution in [0.2, 0.25) is 0 Å². The summed E-state index contributed by atoms with van der Waals surface area (Å²) in [6.07, 6.45) is 1.17. The average Bonchev–Trinajstić information content (AvgIpc) is 2.83. The van der Waals surface area contributed by atoms with Gasteiger partial charge in [-0.1, -0.05) is 42.8 Å². The highest BCUT2D eigenvalue weighted by atomic mass is 32.2. The maximum atomic E-state index is 13.4. The summed E-state index contributed by atoms with van der Waals surface area (Å²) in [4.78, 5) is 41.4. The van der Waals surface area contributed by atoms with Crippen LogP contribution in [0.3, 0.4) is 0 Å². The SMILES string of the molecule is CCCC(=O)N1CCN(C(=O)[C@@H](NC(=O)c2ccccc2)S(=O)(=O)c2ccc(C)cc2)CC1. The number of aryl methyl sites for hydroxylation is 1. The van der Waals surface area contributed by atoms with Gasteiger partial charge in [-0.15, -0.1) is 0 Å². The Morgan fingerprint density at radius 3 is 2.06 bits per heavy atom. The minimum atomic E-state index is -4.21. The van der Waals surface area contributed by atoms with Crippen LogP contribution in [0, 0.1) is 6.92 Å². The molecule has 0 unspecified atom stereocenters. The highest BCUT2D eigenvalue weighted by Gasteiger charge is 2.39. The van der Waals surface area contributed by atoms with Crippen molar-refractivity contribution >= 4 is 27.6 Å². The van der Waals surface area contributed by atoms with E-state index in [4.69, 9.17) is 0 Å². The highest BCUT2D eigenvalue weighted by molar-refractivity contribution is 7.92. The monoisotopic (exact) mass is 471 g/mol. The summed E-state index contributed by atoms with van der Waals surface area (Å²) in [5, 5.41) is 0.667. The molecule has 8 nitrogen and oxygen atoms in total. The molecule has 0 spiro atoms. The van der Waals surface area contributed by atoms with Crippen molar-refractivity contribution < 1.29 is 22.8 Å². The standard InChI is InChI=1S/C24H29N3O5S/c1-3-7-21(28)26-14-16-27(17-15-26)24(30)23(25-22(29)19-8-5-4-6-9-19)33(31,32)20-12-10-18(2)11-13-20/h4-6,8-13,23H,3,7,14-17H2,1-2H3,(H,25,29)/t23-/m0/s1. The fraction of sp³-hybridized carbons (Fsp3) is 0.375. The molecule has 9 heteroatoms. The quantitative estimate of drug-likeness (QED) is 0.665. The molecule has 0 bridgehead atoms. The summed E-state index contributed by atoms with van der Waals surface area (Å²) in [7, 11) is -4.21. The Hall–Kier alpha value is -3.20. The van der Waals surface area contributed by atoms with Gasteiger partial charge in [0.1, 0.15) is 0 Å². The maximum Gasteiger partial charge on any atom is 0.261 e. The van der Waals surface area contributed by atoms with Crippen LogP contribution in [0.4, 0.5) is 0 Å². The number of nitrogens with one attached hydrogen (secondary N) is 1. The number of nitrogens with zero attached hydrogens (tertiary/aromatic N) is 2. The Bertz CT molecular complexity index is 1090. The molecule has 1 aliphatic heterocycles. The number of carbonyl (C=O) groups excluding carboxylic acids is 3. The summed E-state index contributed by atoms with van der Waals surface area (Å²) in [6, 6.07) is 14.3. The van der Waals surface area contributed by atoms with E-state index in [0.29, 0.717) is 19.5 Å². The van der Waals surface area contributed by atoms with Gasteiger partial charge >= 0.3 is 0 Å². The van der Waals surface area contributed by atoms with Crippen molar-refractivity contribution in [1.29, 1.82) is 0 Å². The minimum Gasteiger partial charge on any atom is -0.339 e. The fourth-order valence-corrected chi connectivity index (χ4v) is 5.11. The van der Waals surface area contributed by atoms with Crippen LogP contribution < -0.4 is 5.32 Å². The van der Waals surface area contributed by atoms with Crippen molar-refractivity contribution in [3.8, 4) is 0 Å². The van der Waals surface area contributed by atoms with Crippen molar-refractivity contribution in [2.24, 2.45) is 0 Å². The first kappa shape index (κ1) is 24.4. The largest absolute Gasteiger partial charge is 0.339 e. The molecule has 1 fully saturated rings. The van der Waals surface area contributed by atoms with Crippen molar-refractivity contribution in [3.05, 3.63) is 65.7 Å². The molecule has 1 heterocycles. The second-order valence-corrected chi connectivity index (χ2v) is 10.1. The molecular weight excluding hydrogens is 442 g/mol. The van der Waals surface area contributed by atoms with Crippen molar-refractivity contribution in [1.82, 2.24) is 15.1 Å². The zero-order valence-corrected chi connectivity index (χ0v) is 19.7. The first-order valence-corrected chi connectivity index (χ1v) is 12.5. The molecule has 1 saturated heterocycles. The molecule has 0 saturated carbocycles. The molecular formula is C24H29N3O5S. The van der Waals surface area contributed by atoms with Crippen molar-refractivity contribution in [3.63, 3.8) is 0 Å². The molecule has 0 aromatic heterocycles. The van der Waals surface area contributed by atoms with Gasteiger partial charge in [0, 0.05) is 38.2 Å². The zero-order valence-electron chi connectivity index (χ0n) is 18.9. The number of sulfone groups is 1. The van der Waals surface area contributed by atoms with Crippen LogP contribution in [0.15, 0.2) is 59.5 Å². The van der Waals surface area contributed by atoms with E-state index in [1.54, 1.807) is 47.4 Å². The summed E-state index contributed by atoms with van der Waals surface area (Å²) >= 11 is 0. The lowest BCUT2D eigenvalue weighted by atomic mass is 10.2. The maximum absolute atomic E-state index is 13.4. The Balaban J connectivity index is 1.85. The topological polar surface area (TPSA) is 104 Å². The van der Waals surface area contributed by atoms with Gasteiger partial charge in [0.2, 0.25) is 21.1 Å². The highest BCUT2D eigenvalue weighted by Crippen LogP contribution is 2.19. The number of amides is 3. The molecule has 1 atom stereocenters. The smallest absolute Gasteiger partial charge is 0.261 e. The Labute approximate surface area is 194 Å². The third-order valence-electron chi connectivity index (χ3n) is 5.59. The Morgan fingerprint density at radius 2 is 1.48 bits per heavy atom. The lowest BCUT2D eigenvalue weighted by Crippen LogP contribution is -2.57. The van der Waals surface area contributed by atoms with E-state index in [9.17, 15) is 22.8 Å². The molecule has 176 valence electrons. The van der Waals surface area contributed by atoms with Gasteiger partial charge in [0.15, 0.2) is 0 Å². The number of hydrogen-bond donors (Lipinski definition) is 1. The molecule has 3 rings (SSSR count). The van der Waals surface area contributed by atoms with Gasteiger partial charge in [-0.2, -0.15) is 0 Å². The van der Waals surface area contributed by atoms with E-state index < -0.39 is 27.0 Å². The van der Waals surface area contributed by atoms with E-state index in [1.807, 2.05) is 13.8 Å². The molecule has 3 amide bonds. The summed E-state index contributed by atoms with van der Waals surface area (Å²) < 4.78 is 26.9. The van der Waals surface area contributed by atoms with Crippen molar-refractivity contribution in [2.75, 3.05) is 26.2 Å². The number of carbonyl (C=O) groups is 3. The molecule has 1 aliphatic rings. The lowest BCUT2D eigenvalue weighted by Gasteiger charge is -2.36. The molecule has 0 radical (unpaired) electrons. The van der Waals surface area contributed by atoms with E-state index in [2.05, 4.69) is 5.32 Å². The van der Waals surface area contributed by atoms with Crippen LogP contribution in [0.1, 0.15) is 35.7 Å². The van der Waals surface area contributed by atoms with Crippen LogP contribution in [0.25, 0.3) is 0 Å². The van der Waals surface area contributed by atoms with Crippen molar-refractivity contribution in [2.45, 2.75) is 37.0 Å². The van der Waals surface area contributed by atoms with Gasteiger partial charge in [-0.3, -0.25) is 14.4 Å². The molecule has 33 heavy (non-hydrogen) atoms. The average molecular weight is 472 g/mol. The Kier molecular flexibility index (Phi) is 7.86. The molecule has 2 aromatic carbocycles. The fourth-order valence-electron chi connectivity index (χ4n) is 3.64. The summed E-state index contributed by atoms with van der Waals surface area (Å²) in [5.41, 5.74) is 1.13. The number of piperazine rings is 1. The molecule has 2 aromatic rings. The number of benzene rings is 2. The summed E-state index contributed by atoms with van der Waals surface area (Å²) in [5.74, 6) is -1.34. The second kappa shape index (κ2) is 10.6. The zero-order chi connectivity index (χ0) is 24.0. The van der Waals surface area contributed by atoms with Gasteiger partial charge in [0.05, 0.1) is 4.90 Å². The van der Waals surface area contributed by atoms with Gasteiger partial charge < -0.3 is 15.1 Å². The van der Waals surface area contributed by atoms with Crippen LogP contribution in [-0.2, 0) is 19.4 Å². The molecule has 0 aliphatic carbocycles. The van der Waals surface area contributed by atoms with Gasteiger partial charge in [0.25, 0.3) is 11.8 Å². The third-order valence-corrected chi connectivity index (χ3v) is 7.46. The number of rotatable bonds is 7. The Morgan fingerprint density at radius 1 is 0.909 bits per heavy atom.